The Bertz CT molecular complexity index is 939. The van der Waals surface area contributed by atoms with Gasteiger partial charge in [0.25, 0.3) is 0 Å². The molecule has 0 saturated carbocycles. The first-order valence-electron chi connectivity index (χ1n) is 6.13. The average Bonchev–Trinajstić information content (AvgIpc) is 2.47. The molecule has 6 heteroatoms. The molecule has 0 saturated heterocycles. The molecule has 0 aliphatic carbocycles. The summed E-state index contributed by atoms with van der Waals surface area (Å²) in [6.45, 7) is 0. The van der Waals surface area contributed by atoms with Crippen LogP contribution in [0.5, 0.6) is 0 Å². The van der Waals surface area contributed by atoms with Crippen LogP contribution in [-0.4, -0.2) is 13.4 Å². The first-order valence-corrected chi connectivity index (χ1v) is 7.99. The molecule has 0 radical (unpaired) electrons. The number of sulfone groups is 1. The molecule has 0 aliphatic heterocycles. The number of nitrogen functional groups attached to an aromatic ring is 1. The fourth-order valence-corrected chi connectivity index (χ4v) is 3.62. The molecule has 21 heavy (non-hydrogen) atoms. The molecular weight excluding hydrogens is 308 g/mol. The van der Waals surface area contributed by atoms with Gasteiger partial charge in [0.2, 0.25) is 9.84 Å². The summed E-state index contributed by atoms with van der Waals surface area (Å²) in [6.07, 6.45) is 1.31. The van der Waals surface area contributed by atoms with Crippen LogP contribution in [0.25, 0.3) is 10.9 Å². The van der Waals surface area contributed by atoms with E-state index in [0.29, 0.717) is 21.6 Å². The van der Waals surface area contributed by atoms with E-state index in [1.165, 1.54) is 18.3 Å². The molecule has 3 aromatic rings. The van der Waals surface area contributed by atoms with Gasteiger partial charge in [-0.05, 0) is 30.3 Å². The number of hydrogen-bond donors (Lipinski definition) is 1. The molecule has 0 spiro atoms. The van der Waals surface area contributed by atoms with Crippen LogP contribution in [0.15, 0.2) is 64.5 Å². The molecule has 3 rings (SSSR count). The van der Waals surface area contributed by atoms with Gasteiger partial charge in [0.1, 0.15) is 0 Å². The minimum absolute atomic E-state index is 0.114. The summed E-state index contributed by atoms with van der Waals surface area (Å²) in [4.78, 5) is 4.41. The third kappa shape index (κ3) is 2.46. The standard InChI is InChI=1S/C15H11ClN2O2S/c16-11-4-2-5-12(8-11)21(19,20)13-7-10-3-1-6-14(17)15(10)18-9-13/h1-9H,17H2. The second-order valence-corrected chi connectivity index (χ2v) is 6.94. The zero-order valence-corrected chi connectivity index (χ0v) is 12.4. The highest BCUT2D eigenvalue weighted by atomic mass is 35.5. The summed E-state index contributed by atoms with van der Waals surface area (Å²) in [5, 5.41) is 1.05. The number of aromatic nitrogens is 1. The number of fused-ring (bicyclic) bond motifs is 1. The second kappa shape index (κ2) is 5.02. The number of rotatable bonds is 2. The van der Waals surface area contributed by atoms with Crippen LogP contribution < -0.4 is 5.73 Å². The predicted molar refractivity (Wildman–Crippen MR) is 83.1 cm³/mol. The summed E-state index contributed by atoms with van der Waals surface area (Å²) in [5.74, 6) is 0. The SMILES string of the molecule is Nc1cccc2cc(S(=O)(=O)c3cccc(Cl)c3)cnc12. The monoisotopic (exact) mass is 318 g/mol. The van der Waals surface area contributed by atoms with E-state index in [1.54, 1.807) is 36.4 Å². The van der Waals surface area contributed by atoms with E-state index in [2.05, 4.69) is 4.98 Å². The van der Waals surface area contributed by atoms with E-state index in [1.807, 2.05) is 0 Å². The van der Waals surface area contributed by atoms with Gasteiger partial charge in [-0.2, -0.15) is 0 Å². The predicted octanol–water partition coefficient (Wildman–Crippen LogP) is 3.30. The van der Waals surface area contributed by atoms with Crippen molar-refractivity contribution < 1.29 is 8.42 Å². The van der Waals surface area contributed by atoms with Crippen LogP contribution in [0.2, 0.25) is 5.02 Å². The normalized spacial score (nSPS) is 11.7. The lowest BCUT2D eigenvalue weighted by atomic mass is 10.2. The van der Waals surface area contributed by atoms with Gasteiger partial charge >= 0.3 is 0 Å². The van der Waals surface area contributed by atoms with Crippen molar-refractivity contribution >= 4 is 38.0 Å². The Labute approximate surface area is 127 Å². The quantitative estimate of drug-likeness (QED) is 0.736. The molecule has 1 aromatic heterocycles. The molecule has 4 nitrogen and oxygen atoms in total. The molecule has 0 fully saturated rings. The van der Waals surface area contributed by atoms with Gasteiger partial charge in [-0.15, -0.1) is 0 Å². The van der Waals surface area contributed by atoms with Gasteiger partial charge in [0.15, 0.2) is 0 Å². The highest BCUT2D eigenvalue weighted by molar-refractivity contribution is 7.91. The first-order chi connectivity index (χ1) is 9.98. The van der Waals surface area contributed by atoms with Gasteiger partial charge in [-0.3, -0.25) is 4.98 Å². The largest absolute Gasteiger partial charge is 0.397 e. The van der Waals surface area contributed by atoms with Crippen molar-refractivity contribution in [3.05, 3.63) is 59.8 Å². The summed E-state index contributed by atoms with van der Waals surface area (Å²) >= 11 is 5.86. The number of nitrogens with two attached hydrogens (primary N) is 1. The molecule has 1 heterocycles. The summed E-state index contributed by atoms with van der Waals surface area (Å²) in [5.41, 5.74) is 6.92. The van der Waals surface area contributed by atoms with E-state index in [0.717, 1.165) is 0 Å². The number of para-hydroxylation sites is 1. The molecule has 2 aromatic carbocycles. The van der Waals surface area contributed by atoms with Crippen LogP contribution in [-0.2, 0) is 9.84 Å². The lowest BCUT2D eigenvalue weighted by Crippen LogP contribution is -2.03. The molecule has 106 valence electrons. The summed E-state index contributed by atoms with van der Waals surface area (Å²) < 4.78 is 25.2. The van der Waals surface area contributed by atoms with Crippen LogP contribution >= 0.6 is 11.6 Å². The lowest BCUT2D eigenvalue weighted by molar-refractivity contribution is 0.596. The van der Waals surface area contributed by atoms with Crippen molar-refractivity contribution in [2.45, 2.75) is 9.79 Å². The van der Waals surface area contributed by atoms with E-state index < -0.39 is 9.84 Å². The maximum atomic E-state index is 12.6. The molecule has 0 aliphatic rings. The minimum atomic E-state index is -3.65. The Morgan fingerprint density at radius 3 is 2.52 bits per heavy atom. The van der Waals surface area contributed by atoms with Crippen molar-refractivity contribution in [3.63, 3.8) is 0 Å². The fraction of sp³-hybridized carbons (Fsp3) is 0. The summed E-state index contributed by atoms with van der Waals surface area (Å²) in [7, 11) is -3.65. The fourth-order valence-electron chi connectivity index (χ4n) is 2.08. The first kappa shape index (κ1) is 13.9. The third-order valence-corrected chi connectivity index (χ3v) is 5.09. The van der Waals surface area contributed by atoms with Crippen molar-refractivity contribution in [2.75, 3.05) is 5.73 Å². The van der Waals surface area contributed by atoms with Crippen LogP contribution in [0.3, 0.4) is 0 Å². The highest BCUT2D eigenvalue weighted by Gasteiger charge is 2.19. The van der Waals surface area contributed by atoms with Crippen molar-refractivity contribution in [1.29, 1.82) is 0 Å². The van der Waals surface area contributed by atoms with Gasteiger partial charge in [0, 0.05) is 16.6 Å². The van der Waals surface area contributed by atoms with E-state index >= 15 is 0 Å². The van der Waals surface area contributed by atoms with Crippen molar-refractivity contribution in [2.24, 2.45) is 0 Å². The molecule has 0 amide bonds. The molecular formula is C15H11ClN2O2S. The number of halogens is 1. The van der Waals surface area contributed by atoms with Crippen molar-refractivity contribution in [1.82, 2.24) is 4.98 Å². The van der Waals surface area contributed by atoms with Crippen LogP contribution in [0, 0.1) is 0 Å². The summed E-state index contributed by atoms with van der Waals surface area (Å²) in [6, 6.07) is 13.0. The number of pyridine rings is 1. The minimum Gasteiger partial charge on any atom is -0.397 e. The van der Waals surface area contributed by atoms with E-state index in [-0.39, 0.29) is 9.79 Å². The molecule has 0 atom stereocenters. The number of benzene rings is 2. The topological polar surface area (TPSA) is 73.1 Å². The van der Waals surface area contributed by atoms with Crippen LogP contribution in [0.1, 0.15) is 0 Å². The van der Waals surface area contributed by atoms with Crippen LogP contribution in [0.4, 0.5) is 5.69 Å². The Morgan fingerprint density at radius 1 is 1.00 bits per heavy atom. The highest BCUT2D eigenvalue weighted by Crippen LogP contribution is 2.26. The lowest BCUT2D eigenvalue weighted by Gasteiger charge is -2.07. The molecule has 0 unspecified atom stereocenters. The molecule has 0 bridgehead atoms. The maximum Gasteiger partial charge on any atom is 0.208 e. The van der Waals surface area contributed by atoms with Gasteiger partial charge in [-0.1, -0.05) is 29.8 Å². The van der Waals surface area contributed by atoms with Gasteiger partial charge in [0.05, 0.1) is 21.0 Å². The van der Waals surface area contributed by atoms with Gasteiger partial charge in [-0.25, -0.2) is 8.42 Å². The van der Waals surface area contributed by atoms with E-state index in [4.69, 9.17) is 17.3 Å². The van der Waals surface area contributed by atoms with E-state index in [9.17, 15) is 8.42 Å². The second-order valence-electron chi connectivity index (χ2n) is 4.55. The number of nitrogens with zero attached hydrogens (tertiary/aromatic N) is 1. The Kier molecular flexibility index (Phi) is 3.31. The zero-order valence-electron chi connectivity index (χ0n) is 10.8. The Balaban J connectivity index is 2.20. The number of anilines is 1. The Hall–Kier alpha value is -2.11. The maximum absolute atomic E-state index is 12.6. The smallest absolute Gasteiger partial charge is 0.208 e. The van der Waals surface area contributed by atoms with Gasteiger partial charge < -0.3 is 5.73 Å². The van der Waals surface area contributed by atoms with Crippen molar-refractivity contribution in [3.8, 4) is 0 Å². The third-order valence-electron chi connectivity index (χ3n) is 3.13. The molecule has 2 N–H and O–H groups in total. The Morgan fingerprint density at radius 2 is 1.76 bits per heavy atom. The number of hydrogen-bond acceptors (Lipinski definition) is 4. The average molecular weight is 319 g/mol. The zero-order chi connectivity index (χ0) is 15.0.